The molecule has 0 radical (unpaired) electrons. The van der Waals surface area contributed by atoms with Crippen LogP contribution in [0.2, 0.25) is 0 Å². The quantitative estimate of drug-likeness (QED) is 0.751. The minimum atomic E-state index is 0.600. The standard InChI is InChI=1S/C16H31N3O/c1-12(2)7-17-8-15-11-20-16(18-15)19(9-13(3)4)10-14(5)6/h11-14,17H,7-10H2,1-6H3. The number of nitrogens with one attached hydrogen (secondary N) is 1. The van der Waals surface area contributed by atoms with Crippen molar-refractivity contribution in [3.63, 3.8) is 0 Å². The maximum atomic E-state index is 5.66. The van der Waals surface area contributed by atoms with Crippen molar-refractivity contribution in [1.29, 1.82) is 0 Å². The molecule has 4 nitrogen and oxygen atoms in total. The third-order valence-electron chi connectivity index (χ3n) is 2.84. The highest BCUT2D eigenvalue weighted by Crippen LogP contribution is 2.17. The summed E-state index contributed by atoms with van der Waals surface area (Å²) in [6.07, 6.45) is 1.77. The van der Waals surface area contributed by atoms with Crippen LogP contribution in [0.25, 0.3) is 0 Å². The van der Waals surface area contributed by atoms with Gasteiger partial charge in [-0.3, -0.25) is 0 Å². The van der Waals surface area contributed by atoms with E-state index >= 15 is 0 Å². The topological polar surface area (TPSA) is 41.3 Å². The number of aromatic nitrogens is 1. The summed E-state index contributed by atoms with van der Waals surface area (Å²) in [4.78, 5) is 6.86. The zero-order valence-corrected chi connectivity index (χ0v) is 13.9. The lowest BCUT2D eigenvalue weighted by molar-refractivity contribution is 0.480. The Bertz CT molecular complexity index is 362. The highest BCUT2D eigenvalue weighted by atomic mass is 16.4. The number of anilines is 1. The van der Waals surface area contributed by atoms with E-state index in [1.807, 2.05) is 0 Å². The zero-order valence-electron chi connectivity index (χ0n) is 13.9. The van der Waals surface area contributed by atoms with E-state index in [1.165, 1.54) is 0 Å². The average Bonchev–Trinajstić information content (AvgIpc) is 2.75. The summed E-state index contributed by atoms with van der Waals surface area (Å²) >= 11 is 0. The fourth-order valence-corrected chi connectivity index (χ4v) is 2.12. The fourth-order valence-electron chi connectivity index (χ4n) is 2.12. The number of nitrogens with zero attached hydrogens (tertiary/aromatic N) is 2. The molecule has 0 unspecified atom stereocenters. The first-order valence-corrected chi connectivity index (χ1v) is 7.78. The Morgan fingerprint density at radius 2 is 1.65 bits per heavy atom. The van der Waals surface area contributed by atoms with Crippen LogP contribution in [0.1, 0.15) is 47.2 Å². The van der Waals surface area contributed by atoms with Gasteiger partial charge in [0.05, 0.1) is 5.69 Å². The Kier molecular flexibility index (Phi) is 7.06. The number of hydrogen-bond donors (Lipinski definition) is 1. The normalized spacial score (nSPS) is 11.8. The Hall–Kier alpha value is -1.03. The van der Waals surface area contributed by atoms with Gasteiger partial charge >= 0.3 is 0 Å². The molecule has 1 heterocycles. The highest BCUT2D eigenvalue weighted by Gasteiger charge is 2.15. The lowest BCUT2D eigenvalue weighted by atomic mass is 10.1. The maximum absolute atomic E-state index is 5.66. The van der Waals surface area contributed by atoms with Crippen LogP contribution in [0.4, 0.5) is 6.01 Å². The van der Waals surface area contributed by atoms with E-state index in [2.05, 4.69) is 56.7 Å². The molecule has 1 rings (SSSR count). The molecule has 0 atom stereocenters. The Morgan fingerprint density at radius 1 is 1.05 bits per heavy atom. The van der Waals surface area contributed by atoms with Crippen LogP contribution in [0, 0.1) is 17.8 Å². The lowest BCUT2D eigenvalue weighted by Gasteiger charge is -2.24. The van der Waals surface area contributed by atoms with Gasteiger partial charge in [-0.2, -0.15) is 4.98 Å². The van der Waals surface area contributed by atoms with E-state index in [0.29, 0.717) is 17.8 Å². The van der Waals surface area contributed by atoms with Crippen molar-refractivity contribution < 1.29 is 4.42 Å². The second-order valence-corrected chi connectivity index (χ2v) is 6.84. The number of oxazole rings is 1. The number of rotatable bonds is 9. The van der Waals surface area contributed by atoms with E-state index in [9.17, 15) is 0 Å². The van der Waals surface area contributed by atoms with Gasteiger partial charge in [-0.1, -0.05) is 41.5 Å². The molecular weight excluding hydrogens is 250 g/mol. The first kappa shape index (κ1) is 17.0. The second kappa shape index (κ2) is 8.30. The fraction of sp³-hybridized carbons (Fsp3) is 0.812. The van der Waals surface area contributed by atoms with Crippen molar-refractivity contribution in [2.75, 3.05) is 24.5 Å². The molecule has 0 aromatic carbocycles. The first-order valence-electron chi connectivity index (χ1n) is 7.78. The summed E-state index contributed by atoms with van der Waals surface area (Å²) in [5.74, 6) is 1.85. The molecule has 1 aromatic rings. The maximum Gasteiger partial charge on any atom is 0.297 e. The predicted octanol–water partition coefficient (Wildman–Crippen LogP) is 3.54. The molecule has 0 bridgehead atoms. The van der Waals surface area contributed by atoms with Gasteiger partial charge in [0.15, 0.2) is 0 Å². The molecule has 20 heavy (non-hydrogen) atoms. The molecule has 0 aliphatic carbocycles. The molecular formula is C16H31N3O. The average molecular weight is 281 g/mol. The van der Waals surface area contributed by atoms with Gasteiger partial charge in [0.1, 0.15) is 6.26 Å². The Balaban J connectivity index is 2.60. The smallest absolute Gasteiger partial charge is 0.297 e. The lowest BCUT2D eigenvalue weighted by Crippen LogP contribution is -2.31. The van der Waals surface area contributed by atoms with Crippen molar-refractivity contribution in [3.8, 4) is 0 Å². The van der Waals surface area contributed by atoms with Gasteiger partial charge < -0.3 is 14.6 Å². The van der Waals surface area contributed by atoms with Crippen LogP contribution in [0.5, 0.6) is 0 Å². The van der Waals surface area contributed by atoms with Crippen LogP contribution in [0.15, 0.2) is 10.7 Å². The van der Waals surface area contributed by atoms with Gasteiger partial charge in [-0.05, 0) is 24.3 Å². The monoisotopic (exact) mass is 281 g/mol. The molecule has 1 aromatic heterocycles. The van der Waals surface area contributed by atoms with Crippen LogP contribution in [-0.2, 0) is 6.54 Å². The first-order chi connectivity index (χ1) is 9.38. The van der Waals surface area contributed by atoms with Crippen molar-refractivity contribution in [2.45, 2.75) is 48.1 Å². The van der Waals surface area contributed by atoms with Crippen molar-refractivity contribution >= 4 is 6.01 Å². The van der Waals surface area contributed by atoms with Gasteiger partial charge in [0.25, 0.3) is 6.01 Å². The third-order valence-corrected chi connectivity index (χ3v) is 2.84. The van der Waals surface area contributed by atoms with Crippen molar-refractivity contribution in [2.24, 2.45) is 17.8 Å². The molecule has 0 saturated carbocycles. The molecule has 0 spiro atoms. The van der Waals surface area contributed by atoms with E-state index < -0.39 is 0 Å². The Labute approximate surface area is 123 Å². The summed E-state index contributed by atoms with van der Waals surface area (Å²) in [7, 11) is 0. The molecule has 0 aliphatic rings. The molecule has 0 amide bonds. The van der Waals surface area contributed by atoms with Crippen LogP contribution < -0.4 is 10.2 Å². The highest BCUT2D eigenvalue weighted by molar-refractivity contribution is 5.27. The SMILES string of the molecule is CC(C)CNCc1coc(N(CC(C)C)CC(C)C)n1. The largest absolute Gasteiger partial charge is 0.432 e. The minimum Gasteiger partial charge on any atom is -0.432 e. The molecule has 0 saturated heterocycles. The summed E-state index contributed by atoms with van der Waals surface area (Å²) in [6.45, 7) is 17.0. The van der Waals surface area contributed by atoms with Crippen molar-refractivity contribution in [3.05, 3.63) is 12.0 Å². The second-order valence-electron chi connectivity index (χ2n) is 6.84. The minimum absolute atomic E-state index is 0.600. The summed E-state index contributed by atoms with van der Waals surface area (Å²) in [5, 5.41) is 3.39. The molecule has 1 N–H and O–H groups in total. The Morgan fingerprint density at radius 3 is 2.15 bits per heavy atom. The predicted molar refractivity (Wildman–Crippen MR) is 84.9 cm³/mol. The van der Waals surface area contributed by atoms with Crippen LogP contribution in [-0.4, -0.2) is 24.6 Å². The molecule has 0 fully saturated rings. The van der Waals surface area contributed by atoms with Gasteiger partial charge in [-0.25, -0.2) is 0 Å². The van der Waals surface area contributed by atoms with E-state index in [4.69, 9.17) is 4.42 Å². The molecule has 4 heteroatoms. The number of hydrogen-bond acceptors (Lipinski definition) is 4. The molecule has 116 valence electrons. The van der Waals surface area contributed by atoms with E-state index in [1.54, 1.807) is 6.26 Å². The van der Waals surface area contributed by atoms with Gasteiger partial charge in [0.2, 0.25) is 0 Å². The van der Waals surface area contributed by atoms with Crippen LogP contribution in [0.3, 0.4) is 0 Å². The van der Waals surface area contributed by atoms with Gasteiger partial charge in [-0.15, -0.1) is 0 Å². The summed E-state index contributed by atoms with van der Waals surface area (Å²) < 4.78 is 5.66. The van der Waals surface area contributed by atoms with Crippen molar-refractivity contribution in [1.82, 2.24) is 10.3 Å². The van der Waals surface area contributed by atoms with E-state index in [-0.39, 0.29) is 0 Å². The van der Waals surface area contributed by atoms with Crippen LogP contribution >= 0.6 is 0 Å². The third kappa shape index (κ3) is 6.42. The summed E-state index contributed by atoms with van der Waals surface area (Å²) in [6, 6.07) is 0.758. The van der Waals surface area contributed by atoms with E-state index in [0.717, 1.165) is 37.9 Å². The summed E-state index contributed by atoms with van der Waals surface area (Å²) in [5.41, 5.74) is 0.984. The molecule has 0 aliphatic heterocycles. The van der Waals surface area contributed by atoms with Gasteiger partial charge in [0, 0.05) is 19.6 Å². The zero-order chi connectivity index (χ0) is 15.1.